The molecular formula is C17H16FN3O2. The molecule has 0 spiro atoms. The Morgan fingerprint density at radius 2 is 1.91 bits per heavy atom. The number of rotatable bonds is 5. The second-order valence-corrected chi connectivity index (χ2v) is 4.92. The van der Waals surface area contributed by atoms with Gasteiger partial charge in [0.15, 0.2) is 0 Å². The van der Waals surface area contributed by atoms with Crippen LogP contribution in [0.1, 0.15) is 5.56 Å². The molecule has 1 heterocycles. The molecule has 1 aromatic heterocycles. The molecule has 0 bridgehead atoms. The van der Waals surface area contributed by atoms with Crippen molar-refractivity contribution in [3.63, 3.8) is 0 Å². The van der Waals surface area contributed by atoms with Crippen LogP contribution < -0.4 is 14.8 Å². The van der Waals surface area contributed by atoms with Crippen LogP contribution in [0.3, 0.4) is 0 Å². The van der Waals surface area contributed by atoms with E-state index in [9.17, 15) is 4.39 Å². The minimum atomic E-state index is -0.322. The standard InChI is InChI=1S/C17H16FN3O2/c1-22-13-5-3-11(16(8-13)23-2)9-19-17-14-7-12(18)4-6-15(14)20-10-21-17/h3-8,10H,9H2,1-2H3,(H,19,20,21). The van der Waals surface area contributed by atoms with Crippen molar-refractivity contribution in [2.75, 3.05) is 19.5 Å². The summed E-state index contributed by atoms with van der Waals surface area (Å²) in [6, 6.07) is 10.0. The zero-order valence-corrected chi connectivity index (χ0v) is 12.8. The maximum Gasteiger partial charge on any atom is 0.137 e. The van der Waals surface area contributed by atoms with Gasteiger partial charge in [0.2, 0.25) is 0 Å². The molecule has 0 fully saturated rings. The first-order chi connectivity index (χ1) is 11.2. The molecule has 2 aromatic carbocycles. The van der Waals surface area contributed by atoms with Gasteiger partial charge < -0.3 is 14.8 Å². The first-order valence-electron chi connectivity index (χ1n) is 7.06. The summed E-state index contributed by atoms with van der Waals surface area (Å²) in [6.07, 6.45) is 1.45. The van der Waals surface area contributed by atoms with Crippen LogP contribution in [-0.4, -0.2) is 24.2 Å². The van der Waals surface area contributed by atoms with Gasteiger partial charge in [0.1, 0.15) is 29.5 Å². The number of benzene rings is 2. The first kappa shape index (κ1) is 15.0. The van der Waals surface area contributed by atoms with Gasteiger partial charge in [-0.25, -0.2) is 14.4 Å². The van der Waals surface area contributed by atoms with E-state index in [0.29, 0.717) is 29.0 Å². The van der Waals surface area contributed by atoms with Crippen LogP contribution in [0.25, 0.3) is 10.9 Å². The molecule has 0 saturated carbocycles. The molecule has 23 heavy (non-hydrogen) atoms. The number of aromatic nitrogens is 2. The summed E-state index contributed by atoms with van der Waals surface area (Å²) < 4.78 is 24.0. The van der Waals surface area contributed by atoms with Gasteiger partial charge in [0, 0.05) is 23.6 Å². The van der Waals surface area contributed by atoms with Crippen molar-refractivity contribution in [1.82, 2.24) is 9.97 Å². The highest BCUT2D eigenvalue weighted by molar-refractivity contribution is 5.88. The van der Waals surface area contributed by atoms with E-state index in [0.717, 1.165) is 11.3 Å². The molecular weight excluding hydrogens is 297 g/mol. The highest BCUT2D eigenvalue weighted by atomic mass is 19.1. The Labute approximate surface area is 133 Å². The van der Waals surface area contributed by atoms with E-state index in [1.54, 1.807) is 20.3 Å². The third kappa shape index (κ3) is 3.15. The molecule has 118 valence electrons. The highest BCUT2D eigenvalue weighted by Crippen LogP contribution is 2.26. The molecule has 0 aliphatic rings. The molecule has 6 heteroatoms. The zero-order valence-electron chi connectivity index (χ0n) is 12.8. The van der Waals surface area contributed by atoms with Gasteiger partial charge in [-0.1, -0.05) is 0 Å². The number of anilines is 1. The molecule has 0 saturated heterocycles. The van der Waals surface area contributed by atoms with Crippen molar-refractivity contribution in [3.8, 4) is 11.5 Å². The molecule has 0 unspecified atom stereocenters. The molecule has 1 N–H and O–H groups in total. The van der Waals surface area contributed by atoms with E-state index in [4.69, 9.17) is 9.47 Å². The van der Waals surface area contributed by atoms with Crippen molar-refractivity contribution in [3.05, 3.63) is 54.1 Å². The van der Waals surface area contributed by atoms with Crippen molar-refractivity contribution in [2.45, 2.75) is 6.54 Å². The fourth-order valence-electron chi connectivity index (χ4n) is 2.35. The molecule has 0 aliphatic heterocycles. The van der Waals surface area contributed by atoms with Gasteiger partial charge >= 0.3 is 0 Å². The number of nitrogens with zero attached hydrogens (tertiary/aromatic N) is 2. The summed E-state index contributed by atoms with van der Waals surface area (Å²) in [6.45, 7) is 0.482. The van der Waals surface area contributed by atoms with Crippen molar-refractivity contribution in [1.29, 1.82) is 0 Å². The van der Waals surface area contributed by atoms with E-state index in [-0.39, 0.29) is 5.82 Å². The summed E-state index contributed by atoms with van der Waals surface area (Å²) in [7, 11) is 3.21. The Hall–Kier alpha value is -2.89. The van der Waals surface area contributed by atoms with E-state index >= 15 is 0 Å². The van der Waals surface area contributed by atoms with Crippen LogP contribution in [0.2, 0.25) is 0 Å². The Kier molecular flexibility index (Phi) is 4.23. The van der Waals surface area contributed by atoms with Crippen LogP contribution in [0, 0.1) is 5.82 Å². The summed E-state index contributed by atoms with van der Waals surface area (Å²) >= 11 is 0. The normalized spacial score (nSPS) is 10.6. The molecule has 3 aromatic rings. The summed E-state index contributed by atoms with van der Waals surface area (Å²) in [4.78, 5) is 8.33. The third-order valence-corrected chi connectivity index (χ3v) is 3.54. The average molecular weight is 313 g/mol. The summed E-state index contributed by atoms with van der Waals surface area (Å²) in [5.41, 5.74) is 1.63. The highest BCUT2D eigenvalue weighted by Gasteiger charge is 2.08. The molecule has 0 radical (unpaired) electrons. The smallest absolute Gasteiger partial charge is 0.137 e. The van der Waals surface area contributed by atoms with Crippen LogP contribution in [0.15, 0.2) is 42.7 Å². The lowest BCUT2D eigenvalue weighted by Gasteiger charge is -2.12. The fourth-order valence-corrected chi connectivity index (χ4v) is 2.35. The molecule has 3 rings (SSSR count). The summed E-state index contributed by atoms with van der Waals surface area (Å²) in [5, 5.41) is 3.84. The van der Waals surface area contributed by atoms with Crippen molar-refractivity contribution in [2.24, 2.45) is 0 Å². The van der Waals surface area contributed by atoms with Gasteiger partial charge in [-0.3, -0.25) is 0 Å². The predicted octanol–water partition coefficient (Wildman–Crippen LogP) is 3.40. The fraction of sp³-hybridized carbons (Fsp3) is 0.176. The third-order valence-electron chi connectivity index (χ3n) is 3.54. The number of fused-ring (bicyclic) bond motifs is 1. The van der Waals surface area contributed by atoms with E-state index in [1.165, 1.54) is 18.5 Å². The number of hydrogen-bond acceptors (Lipinski definition) is 5. The Morgan fingerprint density at radius 3 is 2.70 bits per heavy atom. The molecule has 5 nitrogen and oxygen atoms in total. The van der Waals surface area contributed by atoms with Crippen molar-refractivity contribution < 1.29 is 13.9 Å². The monoisotopic (exact) mass is 313 g/mol. The first-order valence-corrected chi connectivity index (χ1v) is 7.06. The SMILES string of the molecule is COc1ccc(CNc2ncnc3ccc(F)cc23)c(OC)c1. The minimum absolute atomic E-state index is 0.322. The molecule has 0 atom stereocenters. The largest absolute Gasteiger partial charge is 0.497 e. The van der Waals surface area contributed by atoms with Crippen LogP contribution in [0.4, 0.5) is 10.2 Å². The Bertz CT molecular complexity index is 839. The number of hydrogen-bond donors (Lipinski definition) is 1. The van der Waals surface area contributed by atoms with Crippen LogP contribution in [0.5, 0.6) is 11.5 Å². The summed E-state index contributed by atoms with van der Waals surface area (Å²) in [5.74, 6) is 1.69. The Balaban J connectivity index is 1.88. The lowest BCUT2D eigenvalue weighted by molar-refractivity contribution is 0.391. The number of ether oxygens (including phenoxy) is 2. The van der Waals surface area contributed by atoms with Gasteiger partial charge in [0.25, 0.3) is 0 Å². The van der Waals surface area contributed by atoms with Crippen molar-refractivity contribution >= 4 is 16.7 Å². The number of nitrogens with one attached hydrogen (secondary N) is 1. The quantitative estimate of drug-likeness (QED) is 0.782. The lowest BCUT2D eigenvalue weighted by Crippen LogP contribution is -2.04. The van der Waals surface area contributed by atoms with E-state index < -0.39 is 0 Å². The van der Waals surface area contributed by atoms with Gasteiger partial charge in [-0.15, -0.1) is 0 Å². The molecule has 0 aliphatic carbocycles. The van der Waals surface area contributed by atoms with E-state index in [2.05, 4.69) is 15.3 Å². The number of halogens is 1. The van der Waals surface area contributed by atoms with Gasteiger partial charge in [-0.05, 0) is 30.3 Å². The second-order valence-electron chi connectivity index (χ2n) is 4.92. The second kappa shape index (κ2) is 6.48. The van der Waals surface area contributed by atoms with Gasteiger partial charge in [-0.2, -0.15) is 0 Å². The average Bonchev–Trinajstić information content (AvgIpc) is 2.59. The topological polar surface area (TPSA) is 56.3 Å². The van der Waals surface area contributed by atoms with Gasteiger partial charge in [0.05, 0.1) is 19.7 Å². The number of methoxy groups -OCH3 is 2. The minimum Gasteiger partial charge on any atom is -0.497 e. The maximum absolute atomic E-state index is 13.5. The van der Waals surface area contributed by atoms with Crippen LogP contribution in [-0.2, 0) is 6.54 Å². The molecule has 0 amide bonds. The predicted molar refractivity (Wildman–Crippen MR) is 86.4 cm³/mol. The maximum atomic E-state index is 13.5. The van der Waals surface area contributed by atoms with Crippen LogP contribution >= 0.6 is 0 Å². The zero-order chi connectivity index (χ0) is 16.2. The lowest BCUT2D eigenvalue weighted by atomic mass is 10.1. The Morgan fingerprint density at radius 1 is 1.04 bits per heavy atom. The van der Waals surface area contributed by atoms with E-state index in [1.807, 2.05) is 18.2 Å².